The summed E-state index contributed by atoms with van der Waals surface area (Å²) >= 11 is 0. The van der Waals surface area contributed by atoms with Crippen LogP contribution in [0.4, 0.5) is 0 Å². The molecule has 3 heterocycles. The first kappa shape index (κ1) is 9.85. The van der Waals surface area contributed by atoms with E-state index >= 15 is 0 Å². The summed E-state index contributed by atoms with van der Waals surface area (Å²) in [5, 5.41) is 3.48. The third-order valence-electron chi connectivity index (χ3n) is 3.47. The van der Waals surface area contributed by atoms with Crippen molar-refractivity contribution in [3.8, 4) is 0 Å². The molecule has 1 aliphatic rings. The van der Waals surface area contributed by atoms with Gasteiger partial charge in [-0.2, -0.15) is 0 Å². The van der Waals surface area contributed by atoms with Crippen LogP contribution < -0.4 is 5.32 Å². The first-order chi connectivity index (χ1) is 7.86. The van der Waals surface area contributed by atoms with E-state index in [9.17, 15) is 0 Å². The lowest BCUT2D eigenvalue weighted by atomic mass is 9.95. The zero-order valence-corrected chi connectivity index (χ0v) is 9.61. The van der Waals surface area contributed by atoms with Crippen LogP contribution in [0.1, 0.15) is 30.3 Å². The molecule has 1 unspecified atom stereocenters. The van der Waals surface area contributed by atoms with Crippen LogP contribution in [0, 0.1) is 6.92 Å². The summed E-state index contributed by atoms with van der Waals surface area (Å²) < 4.78 is 2.29. The minimum Gasteiger partial charge on any atom is -0.316 e. The van der Waals surface area contributed by atoms with Crippen LogP contribution in [0.5, 0.6) is 0 Å². The number of rotatable bonds is 1. The van der Waals surface area contributed by atoms with Gasteiger partial charge in [-0.3, -0.25) is 0 Å². The average Bonchev–Trinajstić information content (AvgIpc) is 2.73. The van der Waals surface area contributed by atoms with Gasteiger partial charge in [-0.15, -0.1) is 0 Å². The number of nitrogens with one attached hydrogen (secondary N) is 1. The van der Waals surface area contributed by atoms with Crippen LogP contribution in [-0.2, 0) is 0 Å². The van der Waals surface area contributed by atoms with Crippen molar-refractivity contribution in [2.45, 2.75) is 25.7 Å². The minimum atomic E-state index is 0.630. The van der Waals surface area contributed by atoms with Crippen molar-refractivity contribution < 1.29 is 0 Å². The molecule has 0 amide bonds. The fraction of sp³-hybridized carbons (Fsp3) is 0.462. The molecule has 0 saturated carbocycles. The molecule has 0 aromatic carbocycles. The van der Waals surface area contributed by atoms with Crippen LogP contribution >= 0.6 is 0 Å². The van der Waals surface area contributed by atoms with Gasteiger partial charge >= 0.3 is 0 Å². The summed E-state index contributed by atoms with van der Waals surface area (Å²) in [6, 6.07) is 6.50. The highest BCUT2D eigenvalue weighted by atomic mass is 15.0. The zero-order valence-electron chi connectivity index (χ0n) is 9.61. The lowest BCUT2D eigenvalue weighted by Crippen LogP contribution is -2.29. The maximum absolute atomic E-state index is 4.39. The lowest BCUT2D eigenvalue weighted by Gasteiger charge is -2.24. The van der Waals surface area contributed by atoms with Crippen molar-refractivity contribution in [1.82, 2.24) is 14.7 Å². The molecule has 1 atom stereocenters. The Labute approximate surface area is 95.5 Å². The van der Waals surface area contributed by atoms with Crippen LogP contribution in [0.15, 0.2) is 24.4 Å². The topological polar surface area (TPSA) is 29.3 Å². The standard InChI is InChI=1S/C13H17N3/c1-10-15-9-12-5-2-6-13(16(10)12)11-4-3-7-14-8-11/h2,5-6,9,11,14H,3-4,7-8H2,1H3. The first-order valence-corrected chi connectivity index (χ1v) is 6.00. The number of fused-ring (bicyclic) bond motifs is 1. The quantitative estimate of drug-likeness (QED) is 0.789. The van der Waals surface area contributed by atoms with Crippen LogP contribution in [0.3, 0.4) is 0 Å². The van der Waals surface area contributed by atoms with Crippen LogP contribution in [0.2, 0.25) is 0 Å². The van der Waals surface area contributed by atoms with E-state index in [4.69, 9.17) is 0 Å². The normalized spacial score (nSPS) is 21.4. The molecule has 2 aromatic heterocycles. The van der Waals surface area contributed by atoms with Crippen LogP contribution in [-0.4, -0.2) is 22.5 Å². The Hall–Kier alpha value is -1.35. The van der Waals surface area contributed by atoms with Gasteiger partial charge in [0.2, 0.25) is 0 Å². The third-order valence-corrected chi connectivity index (χ3v) is 3.47. The SMILES string of the molecule is Cc1ncc2cccc(C3CCCNC3)n12. The molecular formula is C13H17N3. The highest BCUT2D eigenvalue weighted by molar-refractivity contribution is 5.48. The molecule has 0 radical (unpaired) electrons. The van der Waals surface area contributed by atoms with E-state index in [2.05, 4.69) is 39.8 Å². The molecule has 84 valence electrons. The maximum Gasteiger partial charge on any atom is 0.110 e. The summed E-state index contributed by atoms with van der Waals surface area (Å²) in [5.74, 6) is 1.72. The first-order valence-electron chi connectivity index (χ1n) is 6.00. The summed E-state index contributed by atoms with van der Waals surface area (Å²) in [6.07, 6.45) is 4.51. The molecule has 0 aliphatic carbocycles. The molecule has 1 N–H and O–H groups in total. The van der Waals surface area contributed by atoms with E-state index in [0.717, 1.165) is 18.9 Å². The summed E-state index contributed by atoms with van der Waals surface area (Å²) in [4.78, 5) is 4.39. The number of hydrogen-bond acceptors (Lipinski definition) is 2. The number of pyridine rings is 1. The number of hydrogen-bond donors (Lipinski definition) is 1. The van der Waals surface area contributed by atoms with Gasteiger partial charge in [0.1, 0.15) is 5.82 Å². The van der Waals surface area contributed by atoms with Gasteiger partial charge in [-0.05, 0) is 38.4 Å². The molecule has 2 aromatic rings. The van der Waals surface area contributed by atoms with Gasteiger partial charge in [0, 0.05) is 18.2 Å². The molecule has 16 heavy (non-hydrogen) atoms. The van der Waals surface area contributed by atoms with Crippen molar-refractivity contribution in [1.29, 1.82) is 0 Å². The second kappa shape index (κ2) is 3.91. The van der Waals surface area contributed by atoms with Crippen molar-refractivity contribution in [2.75, 3.05) is 13.1 Å². The van der Waals surface area contributed by atoms with Gasteiger partial charge < -0.3 is 9.72 Å². The Bertz CT molecular complexity index is 495. The summed E-state index contributed by atoms with van der Waals surface area (Å²) in [7, 11) is 0. The van der Waals surface area contributed by atoms with E-state index in [1.54, 1.807) is 0 Å². The maximum atomic E-state index is 4.39. The monoisotopic (exact) mass is 215 g/mol. The number of aromatic nitrogens is 2. The number of imidazole rings is 1. The van der Waals surface area contributed by atoms with Gasteiger partial charge in [0.15, 0.2) is 0 Å². The van der Waals surface area contributed by atoms with Crippen molar-refractivity contribution in [3.05, 3.63) is 35.9 Å². The van der Waals surface area contributed by atoms with Gasteiger partial charge in [-0.25, -0.2) is 4.98 Å². The lowest BCUT2D eigenvalue weighted by molar-refractivity contribution is 0.451. The van der Waals surface area contributed by atoms with E-state index in [-0.39, 0.29) is 0 Å². The zero-order chi connectivity index (χ0) is 11.0. The highest BCUT2D eigenvalue weighted by Crippen LogP contribution is 2.24. The fourth-order valence-corrected chi connectivity index (χ4v) is 2.66. The van der Waals surface area contributed by atoms with Gasteiger partial charge in [0.05, 0.1) is 11.7 Å². The van der Waals surface area contributed by atoms with Gasteiger partial charge in [-0.1, -0.05) is 6.07 Å². The minimum absolute atomic E-state index is 0.630. The fourth-order valence-electron chi connectivity index (χ4n) is 2.66. The average molecular weight is 215 g/mol. The van der Waals surface area contributed by atoms with Crippen molar-refractivity contribution in [3.63, 3.8) is 0 Å². The second-order valence-corrected chi connectivity index (χ2v) is 4.56. The number of nitrogens with zero attached hydrogens (tertiary/aromatic N) is 2. The van der Waals surface area contributed by atoms with E-state index < -0.39 is 0 Å². The predicted octanol–water partition coefficient (Wildman–Crippen LogP) is 2.11. The Morgan fingerprint density at radius 1 is 1.44 bits per heavy atom. The number of piperidine rings is 1. The molecule has 0 bridgehead atoms. The van der Waals surface area contributed by atoms with Crippen LogP contribution in [0.25, 0.3) is 5.52 Å². The van der Waals surface area contributed by atoms with Crippen molar-refractivity contribution >= 4 is 5.52 Å². The molecule has 3 nitrogen and oxygen atoms in total. The molecule has 0 spiro atoms. The molecule has 1 saturated heterocycles. The molecule has 1 fully saturated rings. The van der Waals surface area contributed by atoms with Gasteiger partial charge in [0.25, 0.3) is 0 Å². The smallest absolute Gasteiger partial charge is 0.110 e. The van der Waals surface area contributed by atoms with Crippen molar-refractivity contribution in [2.24, 2.45) is 0 Å². The number of aryl methyl sites for hydroxylation is 1. The second-order valence-electron chi connectivity index (χ2n) is 4.56. The molecule has 1 aliphatic heterocycles. The largest absolute Gasteiger partial charge is 0.316 e. The Balaban J connectivity index is 2.10. The third kappa shape index (κ3) is 1.52. The predicted molar refractivity (Wildman–Crippen MR) is 64.8 cm³/mol. The Morgan fingerprint density at radius 2 is 2.38 bits per heavy atom. The van der Waals surface area contributed by atoms with E-state index in [1.807, 2.05) is 6.20 Å². The Morgan fingerprint density at radius 3 is 3.19 bits per heavy atom. The van der Waals surface area contributed by atoms with E-state index in [1.165, 1.54) is 24.1 Å². The summed E-state index contributed by atoms with van der Waals surface area (Å²) in [6.45, 7) is 4.33. The highest BCUT2D eigenvalue weighted by Gasteiger charge is 2.18. The Kier molecular flexibility index (Phi) is 2.40. The molecule has 3 heteroatoms. The molecule has 3 rings (SSSR count). The summed E-state index contributed by atoms with van der Waals surface area (Å²) in [5.41, 5.74) is 2.61. The molecular weight excluding hydrogens is 198 g/mol. The van der Waals surface area contributed by atoms with E-state index in [0.29, 0.717) is 5.92 Å².